The zero-order valence-corrected chi connectivity index (χ0v) is 10.9. The Morgan fingerprint density at radius 3 is 2.38 bits per heavy atom. The summed E-state index contributed by atoms with van der Waals surface area (Å²) in [6.45, 7) is 0. The lowest BCUT2D eigenvalue weighted by atomic mass is 10.2. The number of thioether (sulfide) groups is 1. The first kappa shape index (κ1) is 13.3. The van der Waals surface area contributed by atoms with E-state index in [4.69, 9.17) is 16.7 Å². The Balaban J connectivity index is 3.62. The topological polar surface area (TPSA) is 71.4 Å². The molecule has 1 N–H and O–H groups in total. The zero-order chi connectivity index (χ0) is 12.5. The number of carboxylic acid groups (broad SMARTS) is 1. The molecule has 0 radical (unpaired) electrons. The largest absolute Gasteiger partial charge is 0.478 e. The van der Waals surface area contributed by atoms with Gasteiger partial charge in [-0.25, -0.2) is 13.2 Å². The lowest BCUT2D eigenvalue weighted by Gasteiger charge is -2.08. The van der Waals surface area contributed by atoms with E-state index in [1.807, 2.05) is 0 Å². The summed E-state index contributed by atoms with van der Waals surface area (Å²) in [5, 5.41) is 8.94. The van der Waals surface area contributed by atoms with Gasteiger partial charge in [-0.15, -0.1) is 11.8 Å². The van der Waals surface area contributed by atoms with Crippen LogP contribution in [0.4, 0.5) is 0 Å². The van der Waals surface area contributed by atoms with Crippen molar-refractivity contribution in [1.29, 1.82) is 0 Å². The molecule has 0 bridgehead atoms. The maximum atomic E-state index is 11.5. The Labute approximate surface area is 103 Å². The molecule has 0 unspecified atom stereocenters. The smallest absolute Gasteiger partial charge is 0.335 e. The number of hydrogen-bond acceptors (Lipinski definition) is 4. The standard InChI is InChI=1S/C9H9ClO4S2/c1-15-8-6(10)3-5(9(11)12)4-7(8)16(2,13)14/h3-4H,1-2H3,(H,11,12). The minimum Gasteiger partial charge on any atom is -0.478 e. The van der Waals surface area contributed by atoms with Gasteiger partial charge in [-0.3, -0.25) is 0 Å². The summed E-state index contributed by atoms with van der Waals surface area (Å²) < 4.78 is 22.9. The van der Waals surface area contributed by atoms with Gasteiger partial charge in [0.25, 0.3) is 0 Å². The molecule has 16 heavy (non-hydrogen) atoms. The maximum absolute atomic E-state index is 11.5. The van der Waals surface area contributed by atoms with Crippen LogP contribution in [-0.4, -0.2) is 32.0 Å². The molecule has 1 aromatic rings. The lowest BCUT2D eigenvalue weighted by Crippen LogP contribution is -2.04. The molecule has 0 heterocycles. The van der Waals surface area contributed by atoms with Gasteiger partial charge in [0.05, 0.1) is 15.5 Å². The molecule has 0 aliphatic heterocycles. The van der Waals surface area contributed by atoms with Gasteiger partial charge in [-0.05, 0) is 18.4 Å². The molecule has 0 aromatic heterocycles. The van der Waals surface area contributed by atoms with Crippen LogP contribution in [0.1, 0.15) is 10.4 Å². The van der Waals surface area contributed by atoms with Gasteiger partial charge in [0.2, 0.25) is 0 Å². The van der Waals surface area contributed by atoms with E-state index in [1.165, 1.54) is 17.8 Å². The molecular weight excluding hydrogens is 272 g/mol. The number of carbonyl (C=O) groups is 1. The highest BCUT2D eigenvalue weighted by molar-refractivity contribution is 7.99. The van der Waals surface area contributed by atoms with Crippen molar-refractivity contribution in [3.8, 4) is 0 Å². The second-order valence-electron chi connectivity index (χ2n) is 3.07. The third kappa shape index (κ3) is 2.69. The highest BCUT2D eigenvalue weighted by Crippen LogP contribution is 2.33. The summed E-state index contributed by atoms with van der Waals surface area (Å²) in [6.07, 6.45) is 2.69. The average molecular weight is 281 g/mol. The molecule has 0 aliphatic rings. The quantitative estimate of drug-likeness (QED) is 0.859. The molecule has 0 aliphatic carbocycles. The van der Waals surface area contributed by atoms with Crippen LogP contribution in [0.25, 0.3) is 0 Å². The number of rotatable bonds is 3. The maximum Gasteiger partial charge on any atom is 0.335 e. The zero-order valence-electron chi connectivity index (χ0n) is 8.52. The van der Waals surface area contributed by atoms with E-state index in [1.54, 1.807) is 6.26 Å². The molecule has 0 saturated heterocycles. The molecule has 0 spiro atoms. The fourth-order valence-electron chi connectivity index (χ4n) is 1.17. The average Bonchev–Trinajstić information content (AvgIpc) is 2.14. The highest BCUT2D eigenvalue weighted by Gasteiger charge is 2.19. The highest BCUT2D eigenvalue weighted by atomic mass is 35.5. The lowest BCUT2D eigenvalue weighted by molar-refractivity contribution is 0.0696. The second kappa shape index (κ2) is 4.65. The summed E-state index contributed by atoms with van der Waals surface area (Å²) in [5.41, 5.74) is -0.136. The summed E-state index contributed by atoms with van der Waals surface area (Å²) >= 11 is 7.00. The Morgan fingerprint density at radius 2 is 2.00 bits per heavy atom. The first-order valence-corrected chi connectivity index (χ1v) is 7.57. The van der Waals surface area contributed by atoms with Crippen LogP contribution in [0.2, 0.25) is 5.02 Å². The molecular formula is C9H9ClO4S2. The summed E-state index contributed by atoms with van der Waals surface area (Å²) in [6, 6.07) is 2.36. The Kier molecular flexibility index (Phi) is 3.88. The summed E-state index contributed by atoms with van der Waals surface area (Å²) in [7, 11) is -3.49. The van der Waals surface area contributed by atoms with Gasteiger partial charge in [0, 0.05) is 11.2 Å². The van der Waals surface area contributed by atoms with Gasteiger partial charge in [0.1, 0.15) is 0 Å². The van der Waals surface area contributed by atoms with Crippen molar-refractivity contribution in [1.82, 2.24) is 0 Å². The monoisotopic (exact) mass is 280 g/mol. The fourth-order valence-corrected chi connectivity index (χ4v) is 3.68. The second-order valence-corrected chi connectivity index (χ2v) is 6.27. The molecule has 88 valence electrons. The van der Waals surface area contributed by atoms with Crippen molar-refractivity contribution < 1.29 is 18.3 Å². The van der Waals surface area contributed by atoms with Crippen molar-refractivity contribution in [2.24, 2.45) is 0 Å². The van der Waals surface area contributed by atoms with Gasteiger partial charge in [-0.2, -0.15) is 0 Å². The SMILES string of the molecule is CSc1c(Cl)cc(C(=O)O)cc1S(C)(=O)=O. The predicted molar refractivity (Wildman–Crippen MR) is 63.3 cm³/mol. The number of hydrogen-bond donors (Lipinski definition) is 1. The van der Waals surface area contributed by atoms with E-state index in [2.05, 4.69) is 0 Å². The van der Waals surface area contributed by atoms with Gasteiger partial charge >= 0.3 is 5.97 Å². The molecule has 4 nitrogen and oxygen atoms in total. The van der Waals surface area contributed by atoms with Crippen molar-refractivity contribution in [3.63, 3.8) is 0 Å². The first-order valence-electron chi connectivity index (χ1n) is 4.08. The van der Waals surface area contributed by atoms with Crippen molar-refractivity contribution in [2.45, 2.75) is 9.79 Å². The van der Waals surface area contributed by atoms with Crippen molar-refractivity contribution in [2.75, 3.05) is 12.5 Å². The third-order valence-electron chi connectivity index (χ3n) is 1.86. The first-order chi connectivity index (χ1) is 7.27. The number of benzene rings is 1. The normalized spacial score (nSPS) is 11.4. The van der Waals surface area contributed by atoms with Crippen LogP contribution >= 0.6 is 23.4 Å². The minimum absolute atomic E-state index is 0.0510. The number of halogens is 1. The van der Waals surface area contributed by atoms with Gasteiger partial charge < -0.3 is 5.11 Å². The van der Waals surface area contributed by atoms with Crippen LogP contribution in [0.5, 0.6) is 0 Å². The third-order valence-corrected chi connectivity index (χ3v) is 4.37. The number of carboxylic acids is 1. The van der Waals surface area contributed by atoms with Gasteiger partial charge in [0.15, 0.2) is 9.84 Å². The van der Waals surface area contributed by atoms with Gasteiger partial charge in [-0.1, -0.05) is 11.6 Å². The Bertz CT molecular complexity index is 537. The van der Waals surface area contributed by atoms with Crippen LogP contribution in [0.3, 0.4) is 0 Å². The van der Waals surface area contributed by atoms with Crippen LogP contribution in [-0.2, 0) is 9.84 Å². The van der Waals surface area contributed by atoms with E-state index < -0.39 is 15.8 Å². The fraction of sp³-hybridized carbons (Fsp3) is 0.222. The van der Waals surface area contributed by atoms with Crippen LogP contribution in [0.15, 0.2) is 21.9 Å². The van der Waals surface area contributed by atoms with E-state index in [0.717, 1.165) is 12.3 Å². The van der Waals surface area contributed by atoms with Crippen LogP contribution < -0.4 is 0 Å². The summed E-state index contributed by atoms with van der Waals surface area (Å²) in [5.74, 6) is -1.21. The van der Waals surface area contributed by atoms with Crippen LogP contribution in [0, 0.1) is 0 Å². The minimum atomic E-state index is -3.49. The number of aromatic carboxylic acids is 1. The molecule has 0 saturated carbocycles. The van der Waals surface area contributed by atoms with Crippen molar-refractivity contribution in [3.05, 3.63) is 22.7 Å². The molecule has 7 heteroatoms. The molecule has 0 atom stereocenters. The van der Waals surface area contributed by atoms with E-state index in [9.17, 15) is 13.2 Å². The van der Waals surface area contributed by atoms with E-state index in [-0.39, 0.29) is 15.5 Å². The van der Waals surface area contributed by atoms with E-state index >= 15 is 0 Å². The molecule has 0 amide bonds. The molecule has 1 aromatic carbocycles. The van der Waals surface area contributed by atoms with E-state index in [0.29, 0.717) is 4.90 Å². The Hall–Kier alpha value is -0.720. The Morgan fingerprint density at radius 1 is 1.44 bits per heavy atom. The number of sulfone groups is 1. The molecule has 0 fully saturated rings. The summed E-state index contributed by atoms with van der Waals surface area (Å²) in [4.78, 5) is 11.1. The predicted octanol–water partition coefficient (Wildman–Crippen LogP) is 2.16. The molecule has 1 rings (SSSR count). The van der Waals surface area contributed by atoms with Crippen molar-refractivity contribution >= 4 is 39.2 Å².